The average molecular weight is 383 g/mol. The van der Waals surface area contributed by atoms with Crippen LogP contribution in [0.25, 0.3) is 11.3 Å². The van der Waals surface area contributed by atoms with E-state index in [0.717, 1.165) is 50.5 Å². The minimum atomic E-state index is 0.247. The van der Waals surface area contributed by atoms with Crippen LogP contribution in [0.15, 0.2) is 63.9 Å². The Hall–Kier alpha value is -1.92. The Morgan fingerprint density at radius 2 is 1.93 bits per heavy atom. The smallest absolute Gasteiger partial charge is 0.133 e. The number of hydrogen-bond donors (Lipinski definition) is 1. The third-order valence-corrected chi connectivity index (χ3v) is 6.01. The van der Waals surface area contributed by atoms with Gasteiger partial charge in [-0.2, -0.15) is 11.3 Å². The van der Waals surface area contributed by atoms with Gasteiger partial charge in [-0.3, -0.25) is 9.80 Å². The van der Waals surface area contributed by atoms with Crippen LogP contribution in [0.1, 0.15) is 17.5 Å². The van der Waals surface area contributed by atoms with E-state index in [0.29, 0.717) is 6.04 Å². The monoisotopic (exact) mass is 382 g/mol. The number of thiophene rings is 1. The van der Waals surface area contributed by atoms with Crippen LogP contribution in [-0.4, -0.2) is 47.2 Å². The number of hydrogen-bond acceptors (Lipinski definition) is 5. The summed E-state index contributed by atoms with van der Waals surface area (Å²) < 4.78 is 5.47. The summed E-state index contributed by atoms with van der Waals surface area (Å²) in [6, 6.07) is 15.2. The second-order valence-electron chi connectivity index (χ2n) is 7.18. The van der Waals surface area contributed by atoms with Crippen molar-refractivity contribution in [2.75, 3.05) is 26.2 Å². The zero-order chi connectivity index (χ0) is 18.5. The summed E-state index contributed by atoms with van der Waals surface area (Å²) in [5.41, 5.74) is 3.81. The van der Waals surface area contributed by atoms with E-state index in [2.05, 4.69) is 50.9 Å². The fourth-order valence-electron chi connectivity index (χ4n) is 3.82. The van der Waals surface area contributed by atoms with Crippen LogP contribution in [0.2, 0.25) is 0 Å². The van der Waals surface area contributed by atoms with Gasteiger partial charge >= 0.3 is 0 Å². The SMILES string of the molecule is OCC[C@H]1CN(Cc2ccc(-c3ccco3)cc2)CCN1Cc1ccsc1. The van der Waals surface area contributed by atoms with Crippen LogP contribution in [0.5, 0.6) is 0 Å². The molecule has 1 aromatic carbocycles. The lowest BCUT2D eigenvalue weighted by molar-refractivity contribution is 0.0500. The summed E-state index contributed by atoms with van der Waals surface area (Å²) >= 11 is 1.75. The highest BCUT2D eigenvalue weighted by Gasteiger charge is 2.26. The molecule has 0 spiro atoms. The van der Waals surface area contributed by atoms with Gasteiger partial charge < -0.3 is 9.52 Å². The molecular formula is C22H26N2O2S. The molecule has 3 heterocycles. The highest BCUT2D eigenvalue weighted by atomic mass is 32.1. The molecule has 4 rings (SSSR count). The van der Waals surface area contributed by atoms with Crippen LogP contribution in [0.4, 0.5) is 0 Å². The molecule has 4 nitrogen and oxygen atoms in total. The average Bonchev–Trinajstić information content (AvgIpc) is 3.39. The standard InChI is InChI=1S/C22H26N2O2S/c25-11-7-21-16-23(9-10-24(21)15-19-8-13-27-17-19)14-18-3-5-20(6-4-18)22-2-1-12-26-22/h1-6,8,12-13,17,21,25H,7,9-11,14-16H2/t21-/m0/s1. The first kappa shape index (κ1) is 18.4. The Bertz CT molecular complexity index is 799. The summed E-state index contributed by atoms with van der Waals surface area (Å²) in [6.07, 6.45) is 2.54. The van der Waals surface area contributed by atoms with Crippen molar-refractivity contribution in [3.05, 3.63) is 70.6 Å². The first-order valence-corrected chi connectivity index (χ1v) is 10.5. The van der Waals surface area contributed by atoms with Crippen LogP contribution < -0.4 is 0 Å². The summed E-state index contributed by atoms with van der Waals surface area (Å²) in [7, 11) is 0. The lowest BCUT2D eigenvalue weighted by atomic mass is 10.1. The van der Waals surface area contributed by atoms with Crippen molar-refractivity contribution in [2.45, 2.75) is 25.6 Å². The van der Waals surface area contributed by atoms with Crippen molar-refractivity contribution in [1.82, 2.24) is 9.80 Å². The molecule has 142 valence electrons. The number of benzene rings is 1. The number of rotatable bonds is 7. The van der Waals surface area contributed by atoms with Gasteiger partial charge in [-0.05, 0) is 46.5 Å². The van der Waals surface area contributed by atoms with Crippen molar-refractivity contribution >= 4 is 11.3 Å². The molecule has 1 saturated heterocycles. The number of nitrogens with zero attached hydrogens (tertiary/aromatic N) is 2. The molecule has 5 heteroatoms. The van der Waals surface area contributed by atoms with Gasteiger partial charge in [-0.15, -0.1) is 0 Å². The molecule has 2 aromatic heterocycles. The first-order valence-electron chi connectivity index (χ1n) is 9.53. The molecule has 3 aromatic rings. The normalized spacial score (nSPS) is 18.8. The summed E-state index contributed by atoms with van der Waals surface area (Å²) in [6.45, 7) is 5.30. The molecule has 0 saturated carbocycles. The van der Waals surface area contributed by atoms with Crippen LogP contribution >= 0.6 is 11.3 Å². The molecule has 1 atom stereocenters. The van der Waals surface area contributed by atoms with Crippen molar-refractivity contribution in [1.29, 1.82) is 0 Å². The van der Waals surface area contributed by atoms with Crippen LogP contribution in [0, 0.1) is 0 Å². The van der Waals surface area contributed by atoms with E-state index in [-0.39, 0.29) is 6.61 Å². The van der Waals surface area contributed by atoms with Gasteiger partial charge in [0, 0.05) is 50.9 Å². The van der Waals surface area contributed by atoms with E-state index < -0.39 is 0 Å². The van der Waals surface area contributed by atoms with E-state index in [1.54, 1.807) is 17.6 Å². The third kappa shape index (κ3) is 4.68. The number of piperazine rings is 1. The predicted molar refractivity (Wildman–Crippen MR) is 110 cm³/mol. The molecule has 0 radical (unpaired) electrons. The highest BCUT2D eigenvalue weighted by Crippen LogP contribution is 2.22. The first-order chi connectivity index (χ1) is 13.3. The maximum Gasteiger partial charge on any atom is 0.133 e. The van der Waals surface area contributed by atoms with Crippen LogP contribution in [0.3, 0.4) is 0 Å². The number of aliphatic hydroxyl groups is 1. The maximum atomic E-state index is 9.51. The minimum absolute atomic E-state index is 0.247. The lowest BCUT2D eigenvalue weighted by Crippen LogP contribution is -2.52. The molecule has 0 unspecified atom stereocenters. The van der Waals surface area contributed by atoms with Crippen molar-refractivity contribution < 1.29 is 9.52 Å². The number of aliphatic hydroxyl groups excluding tert-OH is 1. The second kappa shape index (κ2) is 8.85. The molecule has 1 aliphatic heterocycles. The molecule has 0 aliphatic carbocycles. The highest BCUT2D eigenvalue weighted by molar-refractivity contribution is 7.07. The number of furan rings is 1. The van der Waals surface area contributed by atoms with E-state index in [9.17, 15) is 5.11 Å². The fraction of sp³-hybridized carbons (Fsp3) is 0.364. The molecule has 0 amide bonds. The van der Waals surface area contributed by atoms with Gasteiger partial charge in [-0.1, -0.05) is 24.3 Å². The summed E-state index contributed by atoms with van der Waals surface area (Å²) in [5.74, 6) is 0.909. The zero-order valence-electron chi connectivity index (χ0n) is 15.5. The maximum absolute atomic E-state index is 9.51. The molecule has 1 aliphatic rings. The molecule has 1 fully saturated rings. The van der Waals surface area contributed by atoms with Gasteiger partial charge in [0.2, 0.25) is 0 Å². The van der Waals surface area contributed by atoms with E-state index in [4.69, 9.17) is 4.42 Å². The predicted octanol–water partition coefficient (Wildman–Crippen LogP) is 4.08. The fourth-order valence-corrected chi connectivity index (χ4v) is 4.48. The van der Waals surface area contributed by atoms with Gasteiger partial charge in [0.25, 0.3) is 0 Å². The Labute approximate surface area is 164 Å². The Morgan fingerprint density at radius 1 is 1.04 bits per heavy atom. The summed E-state index contributed by atoms with van der Waals surface area (Å²) in [5, 5.41) is 13.9. The van der Waals surface area contributed by atoms with Gasteiger partial charge in [0.05, 0.1) is 6.26 Å². The van der Waals surface area contributed by atoms with Crippen molar-refractivity contribution in [2.24, 2.45) is 0 Å². The molecule has 0 bridgehead atoms. The quantitative estimate of drug-likeness (QED) is 0.668. The largest absolute Gasteiger partial charge is 0.464 e. The Balaban J connectivity index is 1.37. The van der Waals surface area contributed by atoms with Gasteiger partial charge in [-0.25, -0.2) is 0 Å². The third-order valence-electron chi connectivity index (χ3n) is 5.28. The van der Waals surface area contributed by atoms with Gasteiger partial charge in [0.1, 0.15) is 5.76 Å². The lowest BCUT2D eigenvalue weighted by Gasteiger charge is -2.41. The molecule has 1 N–H and O–H groups in total. The van der Waals surface area contributed by atoms with Gasteiger partial charge in [0.15, 0.2) is 0 Å². The van der Waals surface area contributed by atoms with Crippen molar-refractivity contribution in [3.8, 4) is 11.3 Å². The molecular weight excluding hydrogens is 356 g/mol. The zero-order valence-corrected chi connectivity index (χ0v) is 16.3. The van der Waals surface area contributed by atoms with E-state index in [1.165, 1.54) is 11.1 Å². The van der Waals surface area contributed by atoms with E-state index >= 15 is 0 Å². The summed E-state index contributed by atoms with van der Waals surface area (Å²) in [4.78, 5) is 5.03. The van der Waals surface area contributed by atoms with Crippen LogP contribution in [-0.2, 0) is 13.1 Å². The minimum Gasteiger partial charge on any atom is -0.464 e. The van der Waals surface area contributed by atoms with E-state index in [1.807, 2.05) is 12.1 Å². The second-order valence-corrected chi connectivity index (χ2v) is 7.96. The molecule has 27 heavy (non-hydrogen) atoms. The Morgan fingerprint density at radius 3 is 2.63 bits per heavy atom. The topological polar surface area (TPSA) is 39.9 Å². The Kier molecular flexibility index (Phi) is 6.04. The van der Waals surface area contributed by atoms with Crippen molar-refractivity contribution in [3.63, 3.8) is 0 Å².